The molecule has 0 aromatic heterocycles. The molecule has 2 saturated heterocycles. The van der Waals surface area contributed by atoms with Gasteiger partial charge in [0.2, 0.25) is 0 Å². The van der Waals surface area contributed by atoms with Crippen LogP contribution in [-0.2, 0) is 14.2 Å². The molecule has 0 aliphatic carbocycles. The third-order valence-electron chi connectivity index (χ3n) is 3.53. The summed E-state index contributed by atoms with van der Waals surface area (Å²) in [6.07, 6.45) is 1.45. The SMILES string of the molecule is CC(C)OC(=O)OC[C@H]1[C@@H](CO)[C@H]2CC[C@@H]1O2. The standard InChI is InChI=1S/C12H20O5/c1-7(2)16-12(14)15-6-9-8(5-13)10-3-4-11(9)17-10/h7-11,13H,3-6H2,1-2H3/t8-,9+,10-,11+/m1/s1. The van der Waals surface area contributed by atoms with Crippen LogP contribution in [0.15, 0.2) is 0 Å². The number of aliphatic hydroxyl groups is 1. The lowest BCUT2D eigenvalue weighted by atomic mass is 9.80. The minimum absolute atomic E-state index is 0.0917. The summed E-state index contributed by atoms with van der Waals surface area (Å²) in [5.41, 5.74) is 0. The average molecular weight is 244 g/mol. The molecule has 17 heavy (non-hydrogen) atoms. The molecule has 2 aliphatic rings. The van der Waals surface area contributed by atoms with Gasteiger partial charge in [0.05, 0.1) is 18.3 Å². The monoisotopic (exact) mass is 244 g/mol. The molecule has 5 heteroatoms. The molecule has 2 bridgehead atoms. The average Bonchev–Trinajstić information content (AvgIpc) is 2.84. The van der Waals surface area contributed by atoms with Crippen molar-refractivity contribution in [1.82, 2.24) is 0 Å². The lowest BCUT2D eigenvalue weighted by Crippen LogP contribution is -2.34. The summed E-state index contributed by atoms with van der Waals surface area (Å²) in [5, 5.41) is 9.32. The molecule has 0 radical (unpaired) electrons. The number of fused-ring (bicyclic) bond motifs is 2. The smallest absolute Gasteiger partial charge is 0.434 e. The maximum atomic E-state index is 11.3. The Morgan fingerprint density at radius 3 is 2.59 bits per heavy atom. The summed E-state index contributed by atoms with van der Waals surface area (Å²) in [4.78, 5) is 11.3. The molecule has 1 N–H and O–H groups in total. The fourth-order valence-corrected chi connectivity index (χ4v) is 2.75. The molecule has 2 aliphatic heterocycles. The van der Waals surface area contributed by atoms with E-state index in [0.29, 0.717) is 0 Å². The summed E-state index contributed by atoms with van der Waals surface area (Å²) in [5.74, 6) is 0.207. The second-order valence-electron chi connectivity index (χ2n) is 5.03. The van der Waals surface area contributed by atoms with Crippen LogP contribution in [0.5, 0.6) is 0 Å². The lowest BCUT2D eigenvalue weighted by molar-refractivity contribution is 0.0102. The van der Waals surface area contributed by atoms with Crippen LogP contribution in [0, 0.1) is 11.8 Å². The normalized spacial score (nSPS) is 35.3. The quantitative estimate of drug-likeness (QED) is 0.756. The van der Waals surface area contributed by atoms with Gasteiger partial charge in [-0.15, -0.1) is 0 Å². The van der Waals surface area contributed by atoms with Gasteiger partial charge in [-0.1, -0.05) is 0 Å². The van der Waals surface area contributed by atoms with Crippen molar-refractivity contribution in [1.29, 1.82) is 0 Å². The third-order valence-corrected chi connectivity index (χ3v) is 3.53. The predicted molar refractivity (Wildman–Crippen MR) is 59.5 cm³/mol. The van der Waals surface area contributed by atoms with Gasteiger partial charge in [0.15, 0.2) is 0 Å². The molecular weight excluding hydrogens is 224 g/mol. The molecule has 0 aromatic carbocycles. The van der Waals surface area contributed by atoms with E-state index in [0.717, 1.165) is 12.8 Å². The molecule has 98 valence electrons. The van der Waals surface area contributed by atoms with Crippen molar-refractivity contribution in [2.24, 2.45) is 11.8 Å². The molecule has 2 rings (SSSR count). The highest BCUT2D eigenvalue weighted by atomic mass is 16.7. The van der Waals surface area contributed by atoms with E-state index in [1.54, 1.807) is 13.8 Å². The molecule has 0 aromatic rings. The highest BCUT2D eigenvalue weighted by molar-refractivity contribution is 5.60. The molecule has 2 fully saturated rings. The van der Waals surface area contributed by atoms with Crippen LogP contribution in [0.4, 0.5) is 4.79 Å². The van der Waals surface area contributed by atoms with Gasteiger partial charge in [0.1, 0.15) is 6.61 Å². The van der Waals surface area contributed by atoms with E-state index in [2.05, 4.69) is 0 Å². The van der Waals surface area contributed by atoms with Crippen molar-refractivity contribution in [2.75, 3.05) is 13.2 Å². The van der Waals surface area contributed by atoms with Gasteiger partial charge < -0.3 is 19.3 Å². The first kappa shape index (κ1) is 12.6. The first-order valence-corrected chi connectivity index (χ1v) is 6.21. The minimum Gasteiger partial charge on any atom is -0.434 e. The van der Waals surface area contributed by atoms with Crippen LogP contribution in [0.2, 0.25) is 0 Å². The number of carbonyl (C=O) groups excluding carboxylic acids is 1. The number of rotatable bonds is 4. The molecule has 0 spiro atoms. The van der Waals surface area contributed by atoms with Crippen molar-refractivity contribution in [3.8, 4) is 0 Å². The number of carbonyl (C=O) groups is 1. The fraction of sp³-hybridized carbons (Fsp3) is 0.917. The number of hydrogen-bond donors (Lipinski definition) is 1. The fourth-order valence-electron chi connectivity index (χ4n) is 2.75. The lowest BCUT2D eigenvalue weighted by Gasteiger charge is -2.25. The molecular formula is C12H20O5. The van der Waals surface area contributed by atoms with Crippen molar-refractivity contribution >= 4 is 6.16 Å². The van der Waals surface area contributed by atoms with Gasteiger partial charge in [-0.05, 0) is 26.7 Å². The summed E-state index contributed by atoms with van der Waals surface area (Å²) < 4.78 is 15.7. The first-order valence-electron chi connectivity index (χ1n) is 6.21. The second kappa shape index (κ2) is 5.23. The molecule has 2 heterocycles. The van der Waals surface area contributed by atoms with Crippen LogP contribution in [0.1, 0.15) is 26.7 Å². The third kappa shape index (κ3) is 2.72. The summed E-state index contributed by atoms with van der Waals surface area (Å²) in [7, 11) is 0. The van der Waals surface area contributed by atoms with Gasteiger partial charge in [-0.2, -0.15) is 0 Å². The highest BCUT2D eigenvalue weighted by Gasteiger charge is 2.49. The van der Waals surface area contributed by atoms with Crippen molar-refractivity contribution in [2.45, 2.75) is 45.0 Å². The van der Waals surface area contributed by atoms with Gasteiger partial charge in [-0.25, -0.2) is 4.79 Å². The largest absolute Gasteiger partial charge is 0.508 e. The van der Waals surface area contributed by atoms with Gasteiger partial charge in [-0.3, -0.25) is 0 Å². The van der Waals surface area contributed by atoms with Crippen LogP contribution in [0.25, 0.3) is 0 Å². The van der Waals surface area contributed by atoms with E-state index >= 15 is 0 Å². The Morgan fingerprint density at radius 2 is 2.00 bits per heavy atom. The van der Waals surface area contributed by atoms with Crippen LogP contribution in [0.3, 0.4) is 0 Å². The van der Waals surface area contributed by atoms with Crippen LogP contribution in [-0.4, -0.2) is 42.8 Å². The maximum absolute atomic E-state index is 11.3. The van der Waals surface area contributed by atoms with Gasteiger partial charge in [0, 0.05) is 18.4 Å². The Hall–Kier alpha value is -0.810. The zero-order chi connectivity index (χ0) is 12.4. The van der Waals surface area contributed by atoms with E-state index in [-0.39, 0.29) is 43.4 Å². The van der Waals surface area contributed by atoms with Crippen LogP contribution < -0.4 is 0 Å². The second-order valence-corrected chi connectivity index (χ2v) is 5.03. The van der Waals surface area contributed by atoms with Crippen LogP contribution >= 0.6 is 0 Å². The summed E-state index contributed by atoms with van der Waals surface area (Å²) >= 11 is 0. The minimum atomic E-state index is -0.639. The van der Waals surface area contributed by atoms with Crippen molar-refractivity contribution in [3.63, 3.8) is 0 Å². The number of hydrogen-bond acceptors (Lipinski definition) is 5. The molecule has 0 amide bonds. The summed E-state index contributed by atoms with van der Waals surface area (Å²) in [6, 6.07) is 0. The van der Waals surface area contributed by atoms with E-state index in [1.165, 1.54) is 0 Å². The van der Waals surface area contributed by atoms with E-state index in [9.17, 15) is 9.90 Å². The van der Waals surface area contributed by atoms with E-state index in [4.69, 9.17) is 14.2 Å². The van der Waals surface area contributed by atoms with Gasteiger partial charge >= 0.3 is 6.16 Å². The zero-order valence-corrected chi connectivity index (χ0v) is 10.3. The Kier molecular flexibility index (Phi) is 3.89. The molecule has 5 nitrogen and oxygen atoms in total. The summed E-state index contributed by atoms with van der Waals surface area (Å²) in [6.45, 7) is 3.92. The number of ether oxygens (including phenoxy) is 3. The Bertz CT molecular complexity index is 278. The maximum Gasteiger partial charge on any atom is 0.508 e. The Morgan fingerprint density at radius 1 is 1.35 bits per heavy atom. The Labute approximate surface area is 101 Å². The Balaban J connectivity index is 1.80. The number of aliphatic hydroxyl groups excluding tert-OH is 1. The molecule has 0 saturated carbocycles. The zero-order valence-electron chi connectivity index (χ0n) is 10.3. The topological polar surface area (TPSA) is 65.0 Å². The van der Waals surface area contributed by atoms with Crippen molar-refractivity contribution in [3.05, 3.63) is 0 Å². The van der Waals surface area contributed by atoms with Crippen molar-refractivity contribution < 1.29 is 24.1 Å². The first-order chi connectivity index (χ1) is 8.11. The van der Waals surface area contributed by atoms with Gasteiger partial charge in [0.25, 0.3) is 0 Å². The predicted octanol–water partition coefficient (Wildman–Crippen LogP) is 1.33. The molecule has 0 unspecified atom stereocenters. The highest BCUT2D eigenvalue weighted by Crippen LogP contribution is 2.43. The van der Waals surface area contributed by atoms with E-state index < -0.39 is 6.16 Å². The molecule has 4 atom stereocenters. The van der Waals surface area contributed by atoms with E-state index in [1.807, 2.05) is 0 Å².